The molecule has 4 heteroatoms. The maximum atomic E-state index is 11.1. The lowest BCUT2D eigenvalue weighted by Crippen LogP contribution is -2.33. The van der Waals surface area contributed by atoms with E-state index >= 15 is 0 Å². The number of carbonyl (C=O) groups excluding carboxylic acids is 1. The van der Waals surface area contributed by atoms with Gasteiger partial charge in [0.15, 0.2) is 0 Å². The zero-order valence-electron chi connectivity index (χ0n) is 8.93. The summed E-state index contributed by atoms with van der Waals surface area (Å²) in [5.74, 6) is -1.62. The zero-order valence-corrected chi connectivity index (χ0v) is 8.93. The molecule has 0 fully saturated rings. The third kappa shape index (κ3) is 1.78. The summed E-state index contributed by atoms with van der Waals surface area (Å²) in [6.45, 7) is 1.40. The van der Waals surface area contributed by atoms with Gasteiger partial charge in [0.1, 0.15) is 0 Å². The Morgan fingerprint density at radius 1 is 1.38 bits per heavy atom. The van der Waals surface area contributed by atoms with E-state index < -0.39 is 17.9 Å². The van der Waals surface area contributed by atoms with Crippen molar-refractivity contribution in [2.24, 2.45) is 5.92 Å². The largest absolute Gasteiger partial charge is 0.481 e. The van der Waals surface area contributed by atoms with Crippen LogP contribution in [0.4, 0.5) is 0 Å². The number of carbonyl (C=O) groups is 2. The van der Waals surface area contributed by atoms with Crippen LogP contribution in [0.25, 0.3) is 0 Å². The van der Waals surface area contributed by atoms with Crippen molar-refractivity contribution in [3.63, 3.8) is 0 Å². The van der Waals surface area contributed by atoms with Crippen molar-refractivity contribution in [3.8, 4) is 0 Å². The zero-order chi connectivity index (χ0) is 11.7. The van der Waals surface area contributed by atoms with Crippen LogP contribution in [-0.2, 0) is 16.0 Å². The third-order valence-corrected chi connectivity index (χ3v) is 2.91. The van der Waals surface area contributed by atoms with Crippen LogP contribution in [0.5, 0.6) is 0 Å². The second-order valence-electron chi connectivity index (χ2n) is 4.03. The molecule has 0 spiro atoms. The van der Waals surface area contributed by atoms with Gasteiger partial charge in [0.2, 0.25) is 5.91 Å². The van der Waals surface area contributed by atoms with Crippen molar-refractivity contribution in [2.75, 3.05) is 0 Å². The van der Waals surface area contributed by atoms with E-state index in [1.807, 2.05) is 24.3 Å². The fourth-order valence-electron chi connectivity index (χ4n) is 2.22. The van der Waals surface area contributed by atoms with Gasteiger partial charge in [-0.25, -0.2) is 0 Å². The van der Waals surface area contributed by atoms with Gasteiger partial charge in [-0.05, 0) is 17.5 Å². The van der Waals surface area contributed by atoms with Gasteiger partial charge in [0.25, 0.3) is 0 Å². The smallest absolute Gasteiger partial charge is 0.309 e. The van der Waals surface area contributed by atoms with Crippen LogP contribution in [0.2, 0.25) is 0 Å². The van der Waals surface area contributed by atoms with Crippen LogP contribution in [0.1, 0.15) is 24.1 Å². The first-order chi connectivity index (χ1) is 7.59. The number of hydrogen-bond acceptors (Lipinski definition) is 2. The molecule has 1 aromatic carbocycles. The highest BCUT2D eigenvalue weighted by molar-refractivity contribution is 5.78. The van der Waals surface area contributed by atoms with Crippen molar-refractivity contribution < 1.29 is 14.7 Å². The predicted molar refractivity (Wildman–Crippen MR) is 57.8 cm³/mol. The molecule has 4 nitrogen and oxygen atoms in total. The molecule has 1 aliphatic rings. The Morgan fingerprint density at radius 2 is 2.06 bits per heavy atom. The topological polar surface area (TPSA) is 66.4 Å². The average Bonchev–Trinajstić information content (AvgIpc) is 2.57. The van der Waals surface area contributed by atoms with Gasteiger partial charge in [-0.15, -0.1) is 0 Å². The van der Waals surface area contributed by atoms with Crippen LogP contribution in [0.15, 0.2) is 24.3 Å². The molecule has 0 unspecified atom stereocenters. The minimum Gasteiger partial charge on any atom is -0.481 e. The first kappa shape index (κ1) is 10.7. The van der Waals surface area contributed by atoms with E-state index in [9.17, 15) is 9.59 Å². The Kier molecular flexibility index (Phi) is 2.64. The van der Waals surface area contributed by atoms with Crippen LogP contribution in [0.3, 0.4) is 0 Å². The minimum absolute atomic E-state index is 0.201. The first-order valence-corrected chi connectivity index (χ1v) is 5.17. The molecule has 84 valence electrons. The molecule has 2 atom stereocenters. The van der Waals surface area contributed by atoms with Crippen LogP contribution >= 0.6 is 0 Å². The SMILES string of the molecule is CC(=O)N[C@H]1c2ccccc2C[C@H]1C(=O)O. The van der Waals surface area contributed by atoms with E-state index in [2.05, 4.69) is 5.32 Å². The van der Waals surface area contributed by atoms with Crippen molar-refractivity contribution in [3.05, 3.63) is 35.4 Å². The number of carboxylic acid groups (broad SMARTS) is 1. The highest BCUT2D eigenvalue weighted by Crippen LogP contribution is 2.35. The number of fused-ring (bicyclic) bond motifs is 1. The number of carboxylic acids is 1. The molecule has 0 radical (unpaired) electrons. The summed E-state index contributed by atoms with van der Waals surface area (Å²) >= 11 is 0. The molecular formula is C12H13NO3. The average molecular weight is 219 g/mol. The number of amides is 1. The van der Waals surface area contributed by atoms with E-state index in [1.54, 1.807) is 0 Å². The fourth-order valence-corrected chi connectivity index (χ4v) is 2.22. The molecule has 2 rings (SSSR count). The number of nitrogens with one attached hydrogen (secondary N) is 1. The second kappa shape index (κ2) is 3.96. The van der Waals surface area contributed by atoms with Crippen molar-refractivity contribution >= 4 is 11.9 Å². The second-order valence-corrected chi connectivity index (χ2v) is 4.03. The maximum absolute atomic E-state index is 11.1. The summed E-state index contributed by atoms with van der Waals surface area (Å²) in [5, 5.41) is 11.8. The van der Waals surface area contributed by atoms with E-state index in [-0.39, 0.29) is 5.91 Å². The lowest BCUT2D eigenvalue weighted by Gasteiger charge is -2.17. The van der Waals surface area contributed by atoms with Crippen LogP contribution < -0.4 is 5.32 Å². The molecular weight excluding hydrogens is 206 g/mol. The molecule has 1 amide bonds. The lowest BCUT2D eigenvalue weighted by atomic mass is 10.0. The van der Waals surface area contributed by atoms with Gasteiger partial charge >= 0.3 is 5.97 Å². The number of benzene rings is 1. The van der Waals surface area contributed by atoms with E-state index in [4.69, 9.17) is 5.11 Å². The number of rotatable bonds is 2. The fraction of sp³-hybridized carbons (Fsp3) is 0.333. The van der Waals surface area contributed by atoms with Gasteiger partial charge in [-0.3, -0.25) is 9.59 Å². The first-order valence-electron chi connectivity index (χ1n) is 5.17. The summed E-state index contributed by atoms with van der Waals surface area (Å²) in [6, 6.07) is 7.13. The highest BCUT2D eigenvalue weighted by Gasteiger charge is 2.37. The molecule has 0 heterocycles. The standard InChI is InChI=1S/C12H13NO3/c1-7(14)13-11-9-5-3-2-4-8(9)6-10(11)12(15)16/h2-5,10-11H,6H2,1H3,(H,13,14)(H,15,16)/t10-,11+/m1/s1. The summed E-state index contributed by atoms with van der Waals surface area (Å²) < 4.78 is 0. The van der Waals surface area contributed by atoms with Gasteiger partial charge < -0.3 is 10.4 Å². The Balaban J connectivity index is 2.35. The Hall–Kier alpha value is -1.84. The molecule has 2 N–H and O–H groups in total. The minimum atomic E-state index is -0.866. The normalized spacial score (nSPS) is 22.6. The molecule has 0 bridgehead atoms. The van der Waals surface area contributed by atoms with Crippen molar-refractivity contribution in [1.82, 2.24) is 5.32 Å². The molecule has 0 saturated heterocycles. The summed E-state index contributed by atoms with van der Waals surface area (Å²) in [4.78, 5) is 22.2. The van der Waals surface area contributed by atoms with Gasteiger partial charge in [0, 0.05) is 6.92 Å². The van der Waals surface area contributed by atoms with Gasteiger partial charge in [-0.2, -0.15) is 0 Å². The lowest BCUT2D eigenvalue weighted by molar-refractivity contribution is -0.142. The highest BCUT2D eigenvalue weighted by atomic mass is 16.4. The van der Waals surface area contributed by atoms with E-state index in [0.29, 0.717) is 6.42 Å². The van der Waals surface area contributed by atoms with E-state index in [0.717, 1.165) is 11.1 Å². The van der Waals surface area contributed by atoms with Crippen LogP contribution in [-0.4, -0.2) is 17.0 Å². The molecule has 16 heavy (non-hydrogen) atoms. The quantitative estimate of drug-likeness (QED) is 0.783. The van der Waals surface area contributed by atoms with Gasteiger partial charge in [-0.1, -0.05) is 24.3 Å². The molecule has 0 saturated carbocycles. The maximum Gasteiger partial charge on any atom is 0.309 e. The van der Waals surface area contributed by atoms with Crippen molar-refractivity contribution in [2.45, 2.75) is 19.4 Å². The van der Waals surface area contributed by atoms with E-state index in [1.165, 1.54) is 6.92 Å². The predicted octanol–water partition coefficient (Wildman–Crippen LogP) is 1.12. The Morgan fingerprint density at radius 3 is 2.69 bits per heavy atom. The Labute approximate surface area is 93.3 Å². The number of hydrogen-bond donors (Lipinski definition) is 2. The van der Waals surface area contributed by atoms with Crippen molar-refractivity contribution in [1.29, 1.82) is 0 Å². The van der Waals surface area contributed by atoms with Gasteiger partial charge in [0.05, 0.1) is 12.0 Å². The number of aliphatic carboxylic acids is 1. The molecule has 1 aliphatic carbocycles. The summed E-state index contributed by atoms with van der Waals surface area (Å²) in [5.41, 5.74) is 1.93. The van der Waals surface area contributed by atoms with Crippen LogP contribution in [0, 0.1) is 5.92 Å². The molecule has 0 aliphatic heterocycles. The monoisotopic (exact) mass is 219 g/mol. The summed E-state index contributed by atoms with van der Waals surface area (Å²) in [7, 11) is 0. The Bertz CT molecular complexity index is 442. The summed E-state index contributed by atoms with van der Waals surface area (Å²) in [6.07, 6.45) is 0.483. The molecule has 0 aromatic heterocycles. The third-order valence-electron chi connectivity index (χ3n) is 2.91. The molecule has 1 aromatic rings.